The molecule has 3 unspecified atom stereocenters. The number of piperazine rings is 1. The smallest absolute Gasteiger partial charge is 0.419 e. The number of rotatable bonds is 5. The summed E-state index contributed by atoms with van der Waals surface area (Å²) in [4.78, 5) is 5.98. The van der Waals surface area contributed by atoms with E-state index in [4.69, 9.17) is 4.42 Å². The maximum absolute atomic E-state index is 14.1. The van der Waals surface area contributed by atoms with Crippen molar-refractivity contribution in [3.05, 3.63) is 23.8 Å². The van der Waals surface area contributed by atoms with Crippen molar-refractivity contribution in [1.82, 2.24) is 10.3 Å². The molecule has 2 aromatic rings. The molecule has 0 saturated carbocycles. The molecular weight excluding hydrogens is 401 g/mol. The predicted octanol–water partition coefficient (Wildman–Crippen LogP) is 3.36. The minimum absolute atomic E-state index is 0.0362. The molecule has 1 aromatic heterocycles. The lowest BCUT2D eigenvalue weighted by Crippen LogP contribution is -2.67. The number of oxazole rings is 1. The summed E-state index contributed by atoms with van der Waals surface area (Å²) in [6.45, 7) is 2.53. The number of aliphatic hydroxyl groups is 1. The van der Waals surface area contributed by atoms with Gasteiger partial charge in [0, 0.05) is 30.7 Å². The number of piperidine rings is 1. The molecule has 160 valence electrons. The van der Waals surface area contributed by atoms with Crippen LogP contribution in [0.1, 0.15) is 31.9 Å². The third kappa shape index (κ3) is 3.66. The largest absolute Gasteiger partial charge is 0.423 e. The van der Waals surface area contributed by atoms with Crippen LogP contribution >= 0.6 is 0 Å². The van der Waals surface area contributed by atoms with Crippen molar-refractivity contribution >= 4 is 17.1 Å². The molecule has 29 heavy (non-hydrogen) atoms. The van der Waals surface area contributed by atoms with Gasteiger partial charge in [-0.2, -0.15) is 26.9 Å². The fourth-order valence-corrected chi connectivity index (χ4v) is 3.57. The number of hydrogen-bond acceptors (Lipinski definition) is 6. The van der Waals surface area contributed by atoms with Gasteiger partial charge < -0.3 is 24.5 Å². The maximum atomic E-state index is 14.1. The first-order valence-electron chi connectivity index (χ1n) is 9.10. The van der Waals surface area contributed by atoms with Crippen molar-refractivity contribution in [1.29, 1.82) is 0 Å². The third-order valence-electron chi connectivity index (χ3n) is 5.19. The fraction of sp³-hybridized carbons (Fsp3) is 0.611. The molecule has 0 spiro atoms. The van der Waals surface area contributed by atoms with E-state index in [2.05, 4.69) is 15.0 Å². The van der Waals surface area contributed by atoms with Crippen LogP contribution in [-0.2, 0) is 4.74 Å². The molecule has 3 atom stereocenters. The van der Waals surface area contributed by atoms with E-state index in [1.165, 1.54) is 12.1 Å². The number of fused-ring (bicyclic) bond motifs is 3. The standard InChI is InChI=1S/C18H20F5N3O3/c1-16(2,27)18(22,23)29-14(17(19,20)21)11-4-3-5-12-13(11)25-15(28-12)26-7-9-6-10(8-26)24-9/h3-5,9-10,14,24,27H,6-8H2,1-2H3. The zero-order valence-corrected chi connectivity index (χ0v) is 15.6. The number of hydrogen-bond donors (Lipinski definition) is 2. The Hall–Kier alpha value is -1.98. The van der Waals surface area contributed by atoms with Gasteiger partial charge in [-0.3, -0.25) is 0 Å². The van der Waals surface area contributed by atoms with E-state index in [9.17, 15) is 27.1 Å². The summed E-state index contributed by atoms with van der Waals surface area (Å²) >= 11 is 0. The van der Waals surface area contributed by atoms with Crippen LogP contribution in [0, 0.1) is 0 Å². The average Bonchev–Trinajstić information content (AvgIpc) is 3.02. The molecule has 0 aliphatic carbocycles. The SMILES string of the molecule is CC(C)(O)C(F)(F)OC(c1cccc2oc(N3CC4CC(C3)N4)nc12)C(F)(F)F. The first-order chi connectivity index (χ1) is 13.3. The minimum atomic E-state index is -5.17. The summed E-state index contributed by atoms with van der Waals surface area (Å²) in [5.74, 6) is 0. The van der Waals surface area contributed by atoms with Gasteiger partial charge in [-0.25, -0.2) is 0 Å². The Balaban J connectivity index is 1.72. The fourth-order valence-electron chi connectivity index (χ4n) is 3.57. The lowest BCUT2D eigenvalue weighted by molar-refractivity contribution is -0.374. The van der Waals surface area contributed by atoms with Crippen molar-refractivity contribution in [3.63, 3.8) is 0 Å². The van der Waals surface area contributed by atoms with Crippen molar-refractivity contribution < 1.29 is 36.2 Å². The normalized spacial score (nSPS) is 23.9. The van der Waals surface area contributed by atoms with Gasteiger partial charge in [-0.1, -0.05) is 12.1 Å². The number of anilines is 1. The van der Waals surface area contributed by atoms with Crippen LogP contribution in [-0.4, -0.2) is 53.1 Å². The molecule has 0 amide bonds. The highest BCUT2D eigenvalue weighted by molar-refractivity contribution is 5.79. The third-order valence-corrected chi connectivity index (χ3v) is 5.19. The topological polar surface area (TPSA) is 70.8 Å². The summed E-state index contributed by atoms with van der Waals surface area (Å²) in [5.41, 5.74) is -3.59. The molecule has 1 aromatic carbocycles. The van der Waals surface area contributed by atoms with Crippen molar-refractivity contribution in [2.45, 2.75) is 56.3 Å². The highest BCUT2D eigenvalue weighted by atomic mass is 19.4. The van der Waals surface area contributed by atoms with Crippen LogP contribution in [0.5, 0.6) is 0 Å². The average molecular weight is 421 g/mol. The summed E-state index contributed by atoms with van der Waals surface area (Å²) in [6.07, 6.45) is -11.6. The zero-order valence-electron chi connectivity index (χ0n) is 15.6. The first kappa shape index (κ1) is 20.3. The lowest BCUT2D eigenvalue weighted by atomic mass is 9.92. The monoisotopic (exact) mass is 421 g/mol. The van der Waals surface area contributed by atoms with E-state index in [1.54, 1.807) is 0 Å². The molecule has 3 fully saturated rings. The van der Waals surface area contributed by atoms with E-state index in [0.717, 1.165) is 12.5 Å². The number of nitrogens with one attached hydrogen (secondary N) is 1. The van der Waals surface area contributed by atoms with Gasteiger partial charge in [0.1, 0.15) is 11.1 Å². The predicted molar refractivity (Wildman–Crippen MR) is 92.7 cm³/mol. The molecule has 5 rings (SSSR count). The highest BCUT2D eigenvalue weighted by Gasteiger charge is 2.55. The molecule has 11 heteroatoms. The summed E-state index contributed by atoms with van der Waals surface area (Å²) in [5, 5.41) is 12.8. The van der Waals surface area contributed by atoms with Crippen molar-refractivity contribution in [2.24, 2.45) is 0 Å². The number of halogens is 5. The Morgan fingerprint density at radius 3 is 2.38 bits per heavy atom. The second-order valence-electron chi connectivity index (χ2n) is 8.01. The van der Waals surface area contributed by atoms with E-state index in [1.807, 2.05) is 4.90 Å². The Kier molecular flexibility index (Phi) is 4.56. The molecule has 4 heterocycles. The number of aromatic nitrogens is 1. The Labute approximate surface area is 162 Å². The van der Waals surface area contributed by atoms with Gasteiger partial charge in [-0.15, -0.1) is 0 Å². The van der Waals surface area contributed by atoms with Gasteiger partial charge in [0.2, 0.25) is 0 Å². The summed E-state index contributed by atoms with van der Waals surface area (Å²) < 4.78 is 78.9. The number of para-hydroxylation sites is 1. The van der Waals surface area contributed by atoms with Gasteiger partial charge in [0.05, 0.1) is 0 Å². The quantitative estimate of drug-likeness (QED) is 0.722. The molecule has 2 bridgehead atoms. The van der Waals surface area contributed by atoms with E-state index < -0.39 is 29.6 Å². The van der Waals surface area contributed by atoms with Gasteiger partial charge >= 0.3 is 12.3 Å². The number of ether oxygens (including phenoxy) is 1. The summed E-state index contributed by atoms with van der Waals surface area (Å²) in [6, 6.07) is 4.35. The van der Waals surface area contributed by atoms with Crippen LogP contribution in [0.3, 0.4) is 0 Å². The van der Waals surface area contributed by atoms with Crippen LogP contribution in [0.4, 0.5) is 28.0 Å². The molecule has 0 radical (unpaired) electrons. The Bertz CT molecular complexity index is 892. The van der Waals surface area contributed by atoms with Crippen LogP contribution in [0.2, 0.25) is 0 Å². The first-order valence-corrected chi connectivity index (χ1v) is 9.10. The number of nitrogens with zero attached hydrogens (tertiary/aromatic N) is 2. The van der Waals surface area contributed by atoms with E-state index >= 15 is 0 Å². The number of alkyl halides is 5. The maximum Gasteiger partial charge on any atom is 0.419 e. The molecule has 2 N–H and O–H groups in total. The molecule has 3 saturated heterocycles. The van der Waals surface area contributed by atoms with Crippen LogP contribution < -0.4 is 10.2 Å². The molecule has 6 nitrogen and oxygen atoms in total. The second kappa shape index (κ2) is 6.51. The van der Waals surface area contributed by atoms with Gasteiger partial charge in [0.25, 0.3) is 6.01 Å². The van der Waals surface area contributed by atoms with Crippen LogP contribution in [0.15, 0.2) is 22.6 Å². The Morgan fingerprint density at radius 2 is 1.83 bits per heavy atom. The lowest BCUT2D eigenvalue weighted by Gasteiger charge is -2.47. The highest BCUT2D eigenvalue weighted by Crippen LogP contribution is 2.45. The van der Waals surface area contributed by atoms with Crippen LogP contribution in [0.25, 0.3) is 11.1 Å². The minimum Gasteiger partial charge on any atom is -0.423 e. The molecular formula is C18H20F5N3O3. The van der Waals surface area contributed by atoms with Crippen molar-refractivity contribution in [2.75, 3.05) is 18.0 Å². The van der Waals surface area contributed by atoms with E-state index in [0.29, 0.717) is 26.9 Å². The Morgan fingerprint density at radius 1 is 1.21 bits per heavy atom. The number of benzene rings is 1. The van der Waals surface area contributed by atoms with E-state index in [-0.39, 0.29) is 29.2 Å². The molecule has 3 aliphatic heterocycles. The summed E-state index contributed by atoms with van der Waals surface area (Å²) in [7, 11) is 0. The zero-order chi connectivity index (χ0) is 21.2. The molecule has 3 aliphatic rings. The second-order valence-corrected chi connectivity index (χ2v) is 8.01. The van der Waals surface area contributed by atoms with Crippen molar-refractivity contribution in [3.8, 4) is 0 Å². The van der Waals surface area contributed by atoms with Gasteiger partial charge in [0.15, 0.2) is 11.7 Å². The van der Waals surface area contributed by atoms with Gasteiger partial charge in [-0.05, 0) is 26.3 Å².